The van der Waals surface area contributed by atoms with E-state index in [0.29, 0.717) is 6.04 Å². The number of hydrogen-bond donors (Lipinski definition) is 2. The van der Waals surface area contributed by atoms with E-state index in [9.17, 15) is 5.11 Å². The molecule has 19 heavy (non-hydrogen) atoms. The average molecular weight is 326 g/mol. The highest BCUT2D eigenvalue weighted by Gasteiger charge is 2.18. The van der Waals surface area contributed by atoms with E-state index < -0.39 is 0 Å². The maximum absolute atomic E-state index is 9.66. The van der Waals surface area contributed by atoms with Crippen LogP contribution in [0.5, 0.6) is 0 Å². The molecule has 1 atom stereocenters. The molecule has 2 nitrogen and oxygen atoms in total. The molecule has 0 amide bonds. The molecule has 1 fully saturated rings. The number of aliphatic hydroxyl groups excluding tert-OH is 1. The van der Waals surface area contributed by atoms with Crippen molar-refractivity contribution in [3.63, 3.8) is 0 Å². The van der Waals surface area contributed by atoms with Crippen LogP contribution in [0.4, 0.5) is 0 Å². The Morgan fingerprint density at radius 1 is 1.26 bits per heavy atom. The maximum atomic E-state index is 9.66. The molecule has 1 aromatic carbocycles. The van der Waals surface area contributed by atoms with Gasteiger partial charge in [-0.15, -0.1) is 0 Å². The van der Waals surface area contributed by atoms with Crippen LogP contribution in [0, 0.1) is 6.92 Å². The minimum absolute atomic E-state index is 0.0556. The number of hydrogen-bond acceptors (Lipinski definition) is 2. The Bertz CT molecular complexity index is 400. The van der Waals surface area contributed by atoms with E-state index in [1.165, 1.54) is 49.7 Å². The molecule has 0 aliphatic heterocycles. The highest BCUT2D eigenvalue weighted by Crippen LogP contribution is 2.24. The van der Waals surface area contributed by atoms with Crippen LogP contribution in [0.25, 0.3) is 0 Å². The highest BCUT2D eigenvalue weighted by molar-refractivity contribution is 9.10. The molecule has 1 unspecified atom stereocenters. The van der Waals surface area contributed by atoms with Crippen molar-refractivity contribution < 1.29 is 5.11 Å². The summed E-state index contributed by atoms with van der Waals surface area (Å²) in [5, 5.41) is 13.3. The predicted octanol–water partition coefficient (Wildman–Crippen LogP) is 4.10. The minimum Gasteiger partial charge on any atom is -0.394 e. The molecule has 0 spiro atoms. The van der Waals surface area contributed by atoms with Gasteiger partial charge in [-0.3, -0.25) is 0 Å². The van der Waals surface area contributed by atoms with E-state index >= 15 is 0 Å². The number of rotatable bonds is 4. The smallest absolute Gasteiger partial charge is 0.0626 e. The van der Waals surface area contributed by atoms with Crippen molar-refractivity contribution in [3.05, 3.63) is 33.8 Å². The summed E-state index contributed by atoms with van der Waals surface area (Å²) in [6.45, 7) is 2.24. The first-order valence-corrected chi connectivity index (χ1v) is 8.13. The van der Waals surface area contributed by atoms with Crippen molar-refractivity contribution >= 4 is 15.9 Å². The van der Waals surface area contributed by atoms with E-state index in [1.54, 1.807) is 0 Å². The zero-order valence-corrected chi connectivity index (χ0v) is 13.2. The van der Waals surface area contributed by atoms with Gasteiger partial charge in [0.15, 0.2) is 0 Å². The van der Waals surface area contributed by atoms with Crippen molar-refractivity contribution in [1.29, 1.82) is 0 Å². The van der Waals surface area contributed by atoms with Gasteiger partial charge < -0.3 is 10.4 Å². The van der Waals surface area contributed by atoms with Crippen molar-refractivity contribution in [2.45, 2.75) is 57.5 Å². The number of aryl methyl sites for hydroxylation is 1. The summed E-state index contributed by atoms with van der Waals surface area (Å²) in [4.78, 5) is 0. The van der Waals surface area contributed by atoms with Crippen LogP contribution in [0.1, 0.15) is 55.7 Å². The Balaban J connectivity index is 2.03. The van der Waals surface area contributed by atoms with Crippen LogP contribution < -0.4 is 5.32 Å². The SMILES string of the molecule is Cc1ccc(C(CO)NC2CCCCCC2)cc1Br. The molecular formula is C16H24BrNO. The second-order valence-electron chi connectivity index (χ2n) is 5.60. The Labute approximate surface area is 124 Å². The number of benzene rings is 1. The molecule has 0 bridgehead atoms. The third-order valence-electron chi connectivity index (χ3n) is 4.07. The summed E-state index contributed by atoms with van der Waals surface area (Å²) in [7, 11) is 0. The quantitative estimate of drug-likeness (QED) is 0.817. The fraction of sp³-hybridized carbons (Fsp3) is 0.625. The molecule has 106 valence electrons. The molecule has 0 radical (unpaired) electrons. The zero-order valence-electron chi connectivity index (χ0n) is 11.7. The predicted molar refractivity (Wildman–Crippen MR) is 83.3 cm³/mol. The molecule has 1 aliphatic rings. The van der Waals surface area contributed by atoms with Crippen molar-refractivity contribution in [3.8, 4) is 0 Å². The lowest BCUT2D eigenvalue weighted by Gasteiger charge is -2.24. The summed E-state index contributed by atoms with van der Waals surface area (Å²) in [5.74, 6) is 0. The summed E-state index contributed by atoms with van der Waals surface area (Å²) < 4.78 is 1.12. The lowest BCUT2D eigenvalue weighted by Crippen LogP contribution is -2.34. The van der Waals surface area contributed by atoms with E-state index in [0.717, 1.165) is 4.47 Å². The lowest BCUT2D eigenvalue weighted by molar-refractivity contribution is 0.228. The molecule has 2 rings (SSSR count). The molecule has 0 saturated heterocycles. The first-order chi connectivity index (χ1) is 9.20. The third kappa shape index (κ3) is 4.30. The van der Waals surface area contributed by atoms with Gasteiger partial charge in [-0.1, -0.05) is 53.7 Å². The fourth-order valence-corrected chi connectivity index (χ4v) is 3.21. The van der Waals surface area contributed by atoms with Crippen molar-refractivity contribution in [2.24, 2.45) is 0 Å². The van der Waals surface area contributed by atoms with Crippen molar-refractivity contribution in [1.82, 2.24) is 5.32 Å². The summed E-state index contributed by atoms with van der Waals surface area (Å²) in [5.41, 5.74) is 2.40. The van der Waals surface area contributed by atoms with Gasteiger partial charge in [-0.05, 0) is 37.0 Å². The highest BCUT2D eigenvalue weighted by atomic mass is 79.9. The Kier molecular flexibility index (Phi) is 5.86. The Hall–Kier alpha value is -0.380. The summed E-state index contributed by atoms with van der Waals surface area (Å²) in [6, 6.07) is 6.96. The van der Waals surface area contributed by atoms with Gasteiger partial charge in [0.25, 0.3) is 0 Å². The first kappa shape index (κ1) is 15.0. The number of nitrogens with one attached hydrogen (secondary N) is 1. The largest absolute Gasteiger partial charge is 0.394 e. The van der Waals surface area contributed by atoms with E-state index in [2.05, 4.69) is 46.4 Å². The monoisotopic (exact) mass is 325 g/mol. The van der Waals surface area contributed by atoms with Gasteiger partial charge in [0, 0.05) is 10.5 Å². The van der Waals surface area contributed by atoms with Gasteiger partial charge in [-0.2, -0.15) is 0 Å². The number of aliphatic hydroxyl groups is 1. The topological polar surface area (TPSA) is 32.3 Å². The second-order valence-corrected chi connectivity index (χ2v) is 6.45. The van der Waals surface area contributed by atoms with Crippen LogP contribution in [0.15, 0.2) is 22.7 Å². The van der Waals surface area contributed by atoms with Gasteiger partial charge in [0.2, 0.25) is 0 Å². The van der Waals surface area contributed by atoms with Gasteiger partial charge in [0.05, 0.1) is 12.6 Å². The molecule has 1 aromatic rings. The van der Waals surface area contributed by atoms with Crippen LogP contribution in [-0.4, -0.2) is 17.8 Å². The average Bonchev–Trinajstić information content (AvgIpc) is 2.68. The molecule has 1 aliphatic carbocycles. The molecule has 2 N–H and O–H groups in total. The van der Waals surface area contributed by atoms with E-state index in [1.807, 2.05) is 0 Å². The van der Waals surface area contributed by atoms with Gasteiger partial charge >= 0.3 is 0 Å². The van der Waals surface area contributed by atoms with Crippen LogP contribution in [0.2, 0.25) is 0 Å². The van der Waals surface area contributed by atoms with Crippen LogP contribution in [0.3, 0.4) is 0 Å². The minimum atomic E-state index is 0.0556. The zero-order chi connectivity index (χ0) is 13.7. The van der Waals surface area contributed by atoms with Gasteiger partial charge in [0.1, 0.15) is 0 Å². The standard InChI is InChI=1S/C16H24BrNO/c1-12-8-9-13(10-15(12)17)16(11-19)18-14-6-4-2-3-5-7-14/h8-10,14,16,18-19H,2-7,11H2,1H3. The van der Waals surface area contributed by atoms with Crippen LogP contribution in [-0.2, 0) is 0 Å². The van der Waals surface area contributed by atoms with Crippen molar-refractivity contribution in [2.75, 3.05) is 6.61 Å². The second kappa shape index (κ2) is 7.41. The summed E-state index contributed by atoms with van der Waals surface area (Å²) in [6.07, 6.45) is 7.82. The molecule has 0 heterocycles. The molecule has 1 saturated carbocycles. The van der Waals surface area contributed by atoms with E-state index in [4.69, 9.17) is 0 Å². The maximum Gasteiger partial charge on any atom is 0.0626 e. The molecular weight excluding hydrogens is 302 g/mol. The number of halogens is 1. The Morgan fingerprint density at radius 3 is 2.53 bits per heavy atom. The van der Waals surface area contributed by atoms with E-state index in [-0.39, 0.29) is 12.6 Å². The molecule has 3 heteroatoms. The van der Waals surface area contributed by atoms with Gasteiger partial charge in [-0.25, -0.2) is 0 Å². The van der Waals surface area contributed by atoms with Crippen LogP contribution >= 0.6 is 15.9 Å². The normalized spacial score (nSPS) is 19.1. The first-order valence-electron chi connectivity index (χ1n) is 7.33. The fourth-order valence-electron chi connectivity index (χ4n) is 2.81. The summed E-state index contributed by atoms with van der Waals surface area (Å²) >= 11 is 3.57. The Morgan fingerprint density at radius 2 is 1.95 bits per heavy atom. The molecule has 0 aromatic heterocycles. The third-order valence-corrected chi connectivity index (χ3v) is 4.93. The lowest BCUT2D eigenvalue weighted by atomic mass is 10.0.